The fraction of sp³-hybridized carbons (Fsp3) is 0.375. The number of rotatable bonds is 4. The molecule has 0 fully saturated rings. The molecule has 1 aromatic carbocycles. The van der Waals surface area contributed by atoms with Crippen molar-refractivity contribution in [1.82, 2.24) is 9.97 Å². The van der Waals surface area contributed by atoms with E-state index in [4.69, 9.17) is 0 Å². The summed E-state index contributed by atoms with van der Waals surface area (Å²) < 4.78 is 0. The van der Waals surface area contributed by atoms with Crippen molar-refractivity contribution in [3.05, 3.63) is 51.6 Å². The summed E-state index contributed by atoms with van der Waals surface area (Å²) in [5.74, 6) is 0.771. The minimum absolute atomic E-state index is 0.0342. The zero-order chi connectivity index (χ0) is 13.8. The fourth-order valence-electron chi connectivity index (χ4n) is 2.11. The summed E-state index contributed by atoms with van der Waals surface area (Å²) in [6.07, 6.45) is 2.79. The van der Waals surface area contributed by atoms with Crippen LogP contribution in [-0.2, 0) is 12.8 Å². The molecule has 0 saturated carbocycles. The maximum atomic E-state index is 11.9. The normalized spacial score (nSPS) is 10.7. The van der Waals surface area contributed by atoms with Gasteiger partial charge in [-0.2, -0.15) is 0 Å². The van der Waals surface area contributed by atoms with Crippen LogP contribution in [0.15, 0.2) is 29.1 Å². The number of benzene rings is 1. The molecule has 3 heteroatoms. The maximum absolute atomic E-state index is 11.9. The van der Waals surface area contributed by atoms with E-state index in [1.54, 1.807) is 0 Å². The summed E-state index contributed by atoms with van der Waals surface area (Å²) in [6, 6.07) is 8.28. The zero-order valence-electron chi connectivity index (χ0n) is 11.8. The number of aromatic nitrogens is 2. The Bertz CT molecular complexity index is 612. The van der Waals surface area contributed by atoms with Crippen LogP contribution in [-0.4, -0.2) is 9.97 Å². The van der Waals surface area contributed by atoms with E-state index in [9.17, 15) is 4.79 Å². The Morgan fingerprint density at radius 3 is 2.42 bits per heavy atom. The molecular weight excluding hydrogens is 236 g/mol. The van der Waals surface area contributed by atoms with Gasteiger partial charge in [-0.05, 0) is 25.3 Å². The van der Waals surface area contributed by atoms with Crippen LogP contribution in [0.1, 0.15) is 37.2 Å². The van der Waals surface area contributed by atoms with Crippen molar-refractivity contribution in [1.29, 1.82) is 0 Å². The van der Waals surface area contributed by atoms with Crippen LogP contribution in [0.5, 0.6) is 0 Å². The summed E-state index contributed by atoms with van der Waals surface area (Å²) >= 11 is 0. The van der Waals surface area contributed by atoms with Crippen molar-refractivity contribution in [3.8, 4) is 11.3 Å². The highest BCUT2D eigenvalue weighted by molar-refractivity contribution is 5.62. The Morgan fingerprint density at radius 1 is 1.16 bits per heavy atom. The van der Waals surface area contributed by atoms with Gasteiger partial charge in [0.2, 0.25) is 0 Å². The Balaban J connectivity index is 2.50. The van der Waals surface area contributed by atoms with Gasteiger partial charge < -0.3 is 4.98 Å². The first-order chi connectivity index (χ1) is 9.15. The standard InChI is InChI=1S/C16H20N2O/c1-4-6-14-17-15(11(3)16(19)18-14)13-9-7-12(5-2)8-10-13/h7-10H,4-6H2,1-3H3,(H,17,18,19). The van der Waals surface area contributed by atoms with Crippen molar-refractivity contribution in [2.45, 2.75) is 40.0 Å². The molecule has 100 valence electrons. The number of hydrogen-bond donors (Lipinski definition) is 1. The van der Waals surface area contributed by atoms with Crippen LogP contribution in [0.2, 0.25) is 0 Å². The van der Waals surface area contributed by atoms with Crippen molar-refractivity contribution in [2.24, 2.45) is 0 Å². The first kappa shape index (κ1) is 13.5. The molecular formula is C16H20N2O. The summed E-state index contributed by atoms with van der Waals surface area (Å²) in [5, 5.41) is 0. The number of aryl methyl sites for hydroxylation is 2. The molecule has 0 bridgehead atoms. The lowest BCUT2D eigenvalue weighted by atomic mass is 10.0. The Kier molecular flexibility index (Phi) is 4.15. The molecule has 0 unspecified atom stereocenters. The molecule has 0 aliphatic rings. The lowest BCUT2D eigenvalue weighted by Gasteiger charge is -2.08. The van der Waals surface area contributed by atoms with Crippen LogP contribution < -0.4 is 5.56 Å². The average molecular weight is 256 g/mol. The van der Waals surface area contributed by atoms with E-state index in [2.05, 4.69) is 35.9 Å². The highest BCUT2D eigenvalue weighted by atomic mass is 16.1. The summed E-state index contributed by atoms with van der Waals surface area (Å²) in [4.78, 5) is 19.4. The Morgan fingerprint density at radius 2 is 1.84 bits per heavy atom. The molecule has 1 aromatic heterocycles. The topological polar surface area (TPSA) is 45.8 Å². The van der Waals surface area contributed by atoms with E-state index in [1.165, 1.54) is 5.56 Å². The summed E-state index contributed by atoms with van der Waals surface area (Å²) in [7, 11) is 0. The van der Waals surface area contributed by atoms with Gasteiger partial charge in [0.15, 0.2) is 0 Å². The Labute approximate surface area is 113 Å². The number of nitrogens with zero attached hydrogens (tertiary/aromatic N) is 1. The third-order valence-electron chi connectivity index (χ3n) is 3.32. The van der Waals surface area contributed by atoms with Crippen LogP contribution in [0.3, 0.4) is 0 Å². The molecule has 0 aliphatic carbocycles. The van der Waals surface area contributed by atoms with Crippen LogP contribution in [0.25, 0.3) is 11.3 Å². The van der Waals surface area contributed by atoms with E-state index in [-0.39, 0.29) is 5.56 Å². The molecule has 2 aromatic rings. The second-order valence-corrected chi connectivity index (χ2v) is 4.79. The van der Waals surface area contributed by atoms with Gasteiger partial charge in [-0.1, -0.05) is 38.1 Å². The fourth-order valence-corrected chi connectivity index (χ4v) is 2.11. The quantitative estimate of drug-likeness (QED) is 0.912. The van der Waals surface area contributed by atoms with Gasteiger partial charge in [-0.15, -0.1) is 0 Å². The lowest BCUT2D eigenvalue weighted by Crippen LogP contribution is -2.16. The molecule has 0 saturated heterocycles. The van der Waals surface area contributed by atoms with E-state index in [0.717, 1.165) is 36.3 Å². The van der Waals surface area contributed by atoms with Gasteiger partial charge in [0.1, 0.15) is 5.82 Å². The predicted octanol–water partition coefficient (Wildman–Crippen LogP) is 3.26. The highest BCUT2D eigenvalue weighted by Gasteiger charge is 2.09. The monoisotopic (exact) mass is 256 g/mol. The first-order valence-electron chi connectivity index (χ1n) is 6.84. The second-order valence-electron chi connectivity index (χ2n) is 4.79. The number of hydrogen-bond acceptors (Lipinski definition) is 2. The van der Waals surface area contributed by atoms with Crippen molar-refractivity contribution < 1.29 is 0 Å². The molecule has 0 aliphatic heterocycles. The predicted molar refractivity (Wildman–Crippen MR) is 78.4 cm³/mol. The summed E-state index contributed by atoms with van der Waals surface area (Å²) in [6.45, 7) is 6.03. The van der Waals surface area contributed by atoms with Gasteiger partial charge in [0, 0.05) is 17.5 Å². The SMILES string of the molecule is CCCc1nc(-c2ccc(CC)cc2)c(C)c(=O)[nH]1. The van der Waals surface area contributed by atoms with Crippen LogP contribution in [0, 0.1) is 6.92 Å². The van der Waals surface area contributed by atoms with E-state index in [1.807, 2.05) is 19.1 Å². The zero-order valence-corrected chi connectivity index (χ0v) is 11.8. The molecule has 0 amide bonds. The molecule has 0 atom stereocenters. The van der Waals surface area contributed by atoms with Crippen molar-refractivity contribution in [3.63, 3.8) is 0 Å². The number of H-pyrrole nitrogens is 1. The third kappa shape index (κ3) is 2.92. The van der Waals surface area contributed by atoms with E-state index >= 15 is 0 Å². The molecule has 19 heavy (non-hydrogen) atoms. The third-order valence-corrected chi connectivity index (χ3v) is 3.32. The van der Waals surface area contributed by atoms with Gasteiger partial charge in [-0.25, -0.2) is 4.98 Å². The lowest BCUT2D eigenvalue weighted by molar-refractivity contribution is 0.822. The molecule has 2 rings (SSSR count). The van der Waals surface area contributed by atoms with E-state index in [0.29, 0.717) is 5.56 Å². The molecule has 3 nitrogen and oxygen atoms in total. The average Bonchev–Trinajstić information content (AvgIpc) is 2.43. The highest BCUT2D eigenvalue weighted by Crippen LogP contribution is 2.19. The smallest absolute Gasteiger partial charge is 0.254 e. The molecule has 0 spiro atoms. The molecule has 1 N–H and O–H groups in total. The minimum Gasteiger partial charge on any atom is -0.310 e. The minimum atomic E-state index is -0.0342. The first-order valence-corrected chi connectivity index (χ1v) is 6.84. The van der Waals surface area contributed by atoms with E-state index < -0.39 is 0 Å². The largest absolute Gasteiger partial charge is 0.310 e. The molecule has 1 heterocycles. The number of aromatic amines is 1. The van der Waals surface area contributed by atoms with Gasteiger partial charge in [0.05, 0.1) is 5.69 Å². The summed E-state index contributed by atoms with van der Waals surface area (Å²) in [5.41, 5.74) is 3.75. The van der Waals surface area contributed by atoms with Crippen molar-refractivity contribution in [2.75, 3.05) is 0 Å². The van der Waals surface area contributed by atoms with Gasteiger partial charge in [0.25, 0.3) is 5.56 Å². The Hall–Kier alpha value is -1.90. The number of nitrogens with one attached hydrogen (secondary N) is 1. The van der Waals surface area contributed by atoms with Crippen LogP contribution in [0.4, 0.5) is 0 Å². The van der Waals surface area contributed by atoms with Crippen LogP contribution >= 0.6 is 0 Å². The van der Waals surface area contributed by atoms with Gasteiger partial charge >= 0.3 is 0 Å². The molecule has 0 radical (unpaired) electrons. The second kappa shape index (κ2) is 5.83. The van der Waals surface area contributed by atoms with Crippen molar-refractivity contribution >= 4 is 0 Å². The maximum Gasteiger partial charge on any atom is 0.254 e. The van der Waals surface area contributed by atoms with Gasteiger partial charge in [-0.3, -0.25) is 4.79 Å².